The molecule has 0 aromatic heterocycles. The highest BCUT2D eigenvalue weighted by atomic mass is 16.5. The second-order valence-corrected chi connectivity index (χ2v) is 5.79. The topological polar surface area (TPSA) is 12.5 Å². The van der Waals surface area contributed by atoms with Crippen LogP contribution in [0.25, 0.3) is 0 Å². The smallest absolute Gasteiger partial charge is 0.0995 e. The fourth-order valence-electron chi connectivity index (χ4n) is 1.98. The van der Waals surface area contributed by atoms with Gasteiger partial charge >= 0.3 is 0 Å². The van der Waals surface area contributed by atoms with E-state index < -0.39 is 0 Å². The Bertz CT molecular complexity index is 174. The van der Waals surface area contributed by atoms with Crippen LogP contribution in [0.4, 0.5) is 0 Å². The van der Waals surface area contributed by atoms with Crippen LogP contribution in [0.15, 0.2) is 0 Å². The lowest BCUT2D eigenvalue weighted by molar-refractivity contribution is 0.0262. The van der Waals surface area contributed by atoms with Crippen molar-refractivity contribution in [2.45, 2.75) is 59.5 Å². The van der Waals surface area contributed by atoms with E-state index in [1.807, 2.05) is 0 Å². The summed E-state index contributed by atoms with van der Waals surface area (Å²) in [4.78, 5) is 2.45. The van der Waals surface area contributed by atoms with Crippen molar-refractivity contribution in [1.29, 1.82) is 0 Å². The normalized spacial score (nSPS) is 23.6. The highest BCUT2D eigenvalue weighted by molar-refractivity contribution is 4.81. The van der Waals surface area contributed by atoms with Gasteiger partial charge in [-0.05, 0) is 11.8 Å². The number of hydrogen-bond donors (Lipinski definition) is 0. The van der Waals surface area contributed by atoms with E-state index in [2.05, 4.69) is 32.6 Å². The van der Waals surface area contributed by atoms with Crippen molar-refractivity contribution < 1.29 is 4.74 Å². The minimum Gasteiger partial charge on any atom is -0.361 e. The zero-order valence-electron chi connectivity index (χ0n) is 10.9. The lowest BCUT2D eigenvalue weighted by Gasteiger charge is -2.25. The first-order valence-corrected chi connectivity index (χ1v) is 6.38. The van der Waals surface area contributed by atoms with E-state index in [0.29, 0.717) is 6.10 Å². The molecule has 0 amide bonds. The molecule has 0 N–H and O–H groups in total. The SMILES string of the molecule is CCCCCCN1COC(C(C)(C)C)C1. The highest BCUT2D eigenvalue weighted by Crippen LogP contribution is 2.27. The second-order valence-electron chi connectivity index (χ2n) is 5.79. The third-order valence-corrected chi connectivity index (χ3v) is 3.18. The molecule has 1 atom stereocenters. The van der Waals surface area contributed by atoms with Gasteiger partial charge in [0.25, 0.3) is 0 Å². The maximum Gasteiger partial charge on any atom is 0.0995 e. The van der Waals surface area contributed by atoms with E-state index in [-0.39, 0.29) is 5.41 Å². The maximum atomic E-state index is 5.81. The molecule has 2 nitrogen and oxygen atoms in total. The molecule has 1 heterocycles. The average molecular weight is 213 g/mol. The van der Waals surface area contributed by atoms with Crippen LogP contribution in [-0.4, -0.2) is 30.8 Å². The zero-order valence-corrected chi connectivity index (χ0v) is 10.9. The van der Waals surface area contributed by atoms with Crippen LogP contribution in [0.1, 0.15) is 53.4 Å². The molecule has 2 heteroatoms. The predicted molar refractivity (Wildman–Crippen MR) is 64.9 cm³/mol. The molecular formula is C13H27NO. The summed E-state index contributed by atoms with van der Waals surface area (Å²) in [5, 5.41) is 0. The molecule has 1 rings (SSSR count). The minimum absolute atomic E-state index is 0.290. The van der Waals surface area contributed by atoms with Crippen molar-refractivity contribution in [1.82, 2.24) is 4.90 Å². The standard InChI is InChI=1S/C13H27NO/c1-5-6-7-8-9-14-10-12(15-11-14)13(2,3)4/h12H,5-11H2,1-4H3. The lowest BCUT2D eigenvalue weighted by Crippen LogP contribution is -2.31. The number of hydrogen-bond acceptors (Lipinski definition) is 2. The second kappa shape index (κ2) is 5.86. The fourth-order valence-corrected chi connectivity index (χ4v) is 1.98. The summed E-state index contributed by atoms with van der Waals surface area (Å²) < 4.78 is 5.81. The Morgan fingerprint density at radius 3 is 2.47 bits per heavy atom. The Hall–Kier alpha value is -0.0800. The Kier molecular flexibility index (Phi) is 5.07. The summed E-state index contributed by atoms with van der Waals surface area (Å²) in [7, 11) is 0. The van der Waals surface area contributed by atoms with Crippen LogP contribution < -0.4 is 0 Å². The van der Waals surface area contributed by atoms with E-state index in [4.69, 9.17) is 4.74 Å². The number of unbranched alkanes of at least 4 members (excludes halogenated alkanes) is 3. The highest BCUT2D eigenvalue weighted by Gasteiger charge is 2.32. The van der Waals surface area contributed by atoms with Gasteiger partial charge in [-0.2, -0.15) is 0 Å². The first-order chi connectivity index (χ1) is 7.04. The third-order valence-electron chi connectivity index (χ3n) is 3.18. The molecule has 1 saturated heterocycles. The van der Waals surface area contributed by atoms with Crippen molar-refractivity contribution in [3.05, 3.63) is 0 Å². The number of rotatable bonds is 5. The van der Waals surface area contributed by atoms with Gasteiger partial charge in [0, 0.05) is 13.1 Å². The van der Waals surface area contributed by atoms with Crippen LogP contribution in [0.3, 0.4) is 0 Å². The summed E-state index contributed by atoms with van der Waals surface area (Å²) in [6.07, 6.45) is 5.81. The van der Waals surface area contributed by atoms with Crippen LogP contribution >= 0.6 is 0 Å². The molecule has 0 aromatic rings. The van der Waals surface area contributed by atoms with Crippen LogP contribution in [0, 0.1) is 5.41 Å². The van der Waals surface area contributed by atoms with Crippen LogP contribution in [0.2, 0.25) is 0 Å². The van der Waals surface area contributed by atoms with E-state index in [1.54, 1.807) is 0 Å². The summed E-state index contributed by atoms with van der Waals surface area (Å²) in [5.41, 5.74) is 0.290. The van der Waals surface area contributed by atoms with Gasteiger partial charge in [0.1, 0.15) is 0 Å². The summed E-state index contributed by atoms with van der Waals surface area (Å²) in [6, 6.07) is 0. The molecule has 0 radical (unpaired) electrons. The molecule has 0 aliphatic carbocycles. The van der Waals surface area contributed by atoms with E-state index in [1.165, 1.54) is 32.2 Å². The maximum absolute atomic E-state index is 5.81. The van der Waals surface area contributed by atoms with Gasteiger partial charge in [-0.3, -0.25) is 4.90 Å². The van der Waals surface area contributed by atoms with Gasteiger partial charge < -0.3 is 4.74 Å². The van der Waals surface area contributed by atoms with Gasteiger partial charge in [0.05, 0.1) is 12.8 Å². The van der Waals surface area contributed by atoms with Gasteiger partial charge in [0.15, 0.2) is 0 Å². The van der Waals surface area contributed by atoms with Crippen molar-refractivity contribution in [3.8, 4) is 0 Å². The number of nitrogens with zero attached hydrogens (tertiary/aromatic N) is 1. The molecule has 0 bridgehead atoms. The van der Waals surface area contributed by atoms with Crippen molar-refractivity contribution >= 4 is 0 Å². The molecular weight excluding hydrogens is 186 g/mol. The summed E-state index contributed by atoms with van der Waals surface area (Å²) >= 11 is 0. The first-order valence-electron chi connectivity index (χ1n) is 6.38. The van der Waals surface area contributed by atoms with Gasteiger partial charge in [-0.15, -0.1) is 0 Å². The van der Waals surface area contributed by atoms with E-state index in [9.17, 15) is 0 Å². The third kappa shape index (κ3) is 4.52. The lowest BCUT2D eigenvalue weighted by atomic mass is 9.89. The Labute approximate surface area is 95.0 Å². The quantitative estimate of drug-likeness (QED) is 0.650. The molecule has 0 spiro atoms. The molecule has 15 heavy (non-hydrogen) atoms. The first kappa shape index (κ1) is 13.0. The molecule has 1 aliphatic heterocycles. The zero-order chi connectivity index (χ0) is 11.3. The van der Waals surface area contributed by atoms with Gasteiger partial charge in [-0.25, -0.2) is 0 Å². The van der Waals surface area contributed by atoms with Crippen LogP contribution in [0.5, 0.6) is 0 Å². The molecule has 0 saturated carbocycles. The van der Waals surface area contributed by atoms with E-state index in [0.717, 1.165) is 13.3 Å². The van der Waals surface area contributed by atoms with Gasteiger partial charge in [-0.1, -0.05) is 47.0 Å². The Balaban J connectivity index is 2.14. The summed E-state index contributed by atoms with van der Waals surface area (Å²) in [5.74, 6) is 0. The van der Waals surface area contributed by atoms with Gasteiger partial charge in [0.2, 0.25) is 0 Å². The molecule has 0 aromatic carbocycles. The minimum atomic E-state index is 0.290. The predicted octanol–water partition coefficient (Wildman–Crippen LogP) is 3.27. The van der Waals surface area contributed by atoms with Crippen molar-refractivity contribution in [3.63, 3.8) is 0 Å². The average Bonchev–Trinajstić information content (AvgIpc) is 2.60. The fraction of sp³-hybridized carbons (Fsp3) is 1.00. The summed E-state index contributed by atoms with van der Waals surface area (Å²) in [6.45, 7) is 12.2. The number of ether oxygens (including phenoxy) is 1. The molecule has 90 valence electrons. The van der Waals surface area contributed by atoms with E-state index >= 15 is 0 Å². The Morgan fingerprint density at radius 2 is 1.93 bits per heavy atom. The Morgan fingerprint density at radius 1 is 1.20 bits per heavy atom. The largest absolute Gasteiger partial charge is 0.361 e. The molecule has 1 unspecified atom stereocenters. The van der Waals surface area contributed by atoms with Crippen LogP contribution in [-0.2, 0) is 4.74 Å². The molecule has 1 aliphatic rings. The van der Waals surface area contributed by atoms with Crippen molar-refractivity contribution in [2.24, 2.45) is 5.41 Å². The van der Waals surface area contributed by atoms with Crippen molar-refractivity contribution in [2.75, 3.05) is 19.8 Å². The molecule has 1 fully saturated rings. The monoisotopic (exact) mass is 213 g/mol.